The lowest BCUT2D eigenvalue weighted by Gasteiger charge is -2.34. The molecule has 0 aliphatic carbocycles. The number of piperazine rings is 1. The number of amides is 3. The minimum absolute atomic E-state index is 0.0503. The fraction of sp³-hybridized carbons (Fsp3) is 0.267. The Morgan fingerprint density at radius 1 is 0.897 bits per heavy atom. The van der Waals surface area contributed by atoms with Crippen molar-refractivity contribution in [3.8, 4) is 0 Å². The van der Waals surface area contributed by atoms with Gasteiger partial charge in [-0.1, -0.05) is 78.9 Å². The van der Waals surface area contributed by atoms with Crippen molar-refractivity contribution in [1.82, 2.24) is 15.1 Å². The number of benzodiazepines with no additional fused rings is 1. The van der Waals surface area contributed by atoms with Crippen molar-refractivity contribution < 1.29 is 19.1 Å². The lowest BCUT2D eigenvalue weighted by Crippen LogP contribution is -2.53. The Morgan fingerprint density at radius 3 is 2.26 bits per heavy atom. The topological polar surface area (TPSA) is 94.6 Å². The van der Waals surface area contributed by atoms with Crippen molar-refractivity contribution in [2.24, 2.45) is 4.99 Å². The Balaban J connectivity index is 1.45. The summed E-state index contributed by atoms with van der Waals surface area (Å²) in [5, 5.41) is 2.63. The molecule has 1 atom stereocenters. The van der Waals surface area contributed by atoms with E-state index in [0.717, 1.165) is 24.2 Å². The average molecular weight is 526 g/mol. The highest BCUT2D eigenvalue weighted by atomic mass is 16.5. The molecule has 1 N–H and O–H groups in total. The number of alkyl carbamates (subject to hydrolysis) is 1. The maximum Gasteiger partial charge on any atom is 0.409 e. The van der Waals surface area contributed by atoms with Crippen LogP contribution in [0.25, 0.3) is 0 Å². The molecule has 0 bridgehead atoms. The molecule has 0 spiro atoms. The smallest absolute Gasteiger partial charge is 0.409 e. The fourth-order valence-electron chi connectivity index (χ4n) is 4.68. The number of nitrogens with one attached hydrogen (secondary N) is 1. The average Bonchev–Trinajstić information content (AvgIpc) is 3.08. The van der Waals surface area contributed by atoms with E-state index in [0.29, 0.717) is 30.1 Å². The lowest BCUT2D eigenvalue weighted by atomic mass is 10.0. The van der Waals surface area contributed by atoms with Crippen LogP contribution in [-0.2, 0) is 20.9 Å². The first kappa shape index (κ1) is 26.1. The molecule has 3 amide bonds. The molecular weight excluding hydrogens is 494 g/mol. The molecule has 2 aliphatic heterocycles. The second kappa shape index (κ2) is 11.9. The first-order valence-corrected chi connectivity index (χ1v) is 13.0. The molecule has 0 radical (unpaired) electrons. The number of carbonyl (C=O) groups is 3. The number of para-hydroxylation sites is 1. The summed E-state index contributed by atoms with van der Waals surface area (Å²) < 4.78 is 5.39. The van der Waals surface area contributed by atoms with E-state index in [2.05, 4.69) is 10.2 Å². The Morgan fingerprint density at radius 2 is 1.54 bits per heavy atom. The summed E-state index contributed by atoms with van der Waals surface area (Å²) in [6, 6.07) is 26.1. The van der Waals surface area contributed by atoms with Gasteiger partial charge in [0.1, 0.15) is 13.2 Å². The second-order valence-electron chi connectivity index (χ2n) is 9.58. The predicted octanol–water partition coefficient (Wildman–Crippen LogP) is 2.90. The van der Waals surface area contributed by atoms with Gasteiger partial charge in [-0.05, 0) is 18.7 Å². The first-order valence-electron chi connectivity index (χ1n) is 13.0. The zero-order chi connectivity index (χ0) is 27.2. The van der Waals surface area contributed by atoms with Crippen molar-refractivity contribution >= 4 is 29.3 Å². The number of hydrogen-bond donors (Lipinski definition) is 1. The van der Waals surface area contributed by atoms with Gasteiger partial charge in [0.15, 0.2) is 0 Å². The van der Waals surface area contributed by atoms with Gasteiger partial charge in [-0.15, -0.1) is 0 Å². The van der Waals surface area contributed by atoms with Gasteiger partial charge in [-0.25, -0.2) is 9.79 Å². The number of carbonyl (C=O) groups excluding carboxylic acids is 3. The molecule has 200 valence electrons. The summed E-state index contributed by atoms with van der Waals surface area (Å²) in [5.74, 6) is -0.660. The molecule has 1 unspecified atom stereocenters. The molecule has 2 heterocycles. The molecule has 9 nitrogen and oxygen atoms in total. The molecule has 9 heteroatoms. The van der Waals surface area contributed by atoms with Crippen LogP contribution in [0.3, 0.4) is 0 Å². The van der Waals surface area contributed by atoms with Crippen molar-refractivity contribution in [1.29, 1.82) is 0 Å². The maximum absolute atomic E-state index is 13.9. The number of ether oxygens (including phenoxy) is 1. The van der Waals surface area contributed by atoms with Crippen LogP contribution >= 0.6 is 0 Å². The van der Waals surface area contributed by atoms with E-state index in [9.17, 15) is 14.4 Å². The highest BCUT2D eigenvalue weighted by molar-refractivity contribution is 6.20. The van der Waals surface area contributed by atoms with E-state index < -0.39 is 18.2 Å². The van der Waals surface area contributed by atoms with E-state index in [1.165, 1.54) is 4.90 Å². The summed E-state index contributed by atoms with van der Waals surface area (Å²) in [5.41, 5.74) is 3.41. The van der Waals surface area contributed by atoms with Gasteiger partial charge in [0.05, 0.1) is 11.4 Å². The Hall–Kier alpha value is -4.50. The number of benzene rings is 3. The molecule has 3 aromatic carbocycles. The molecule has 2 aliphatic rings. The van der Waals surface area contributed by atoms with Crippen LogP contribution in [0.15, 0.2) is 89.9 Å². The molecule has 5 rings (SSSR count). The number of anilines is 1. The van der Waals surface area contributed by atoms with Crippen LogP contribution in [0, 0.1) is 0 Å². The number of fused-ring (bicyclic) bond motifs is 1. The minimum atomic E-state index is -1.28. The summed E-state index contributed by atoms with van der Waals surface area (Å²) in [4.78, 5) is 50.2. The van der Waals surface area contributed by atoms with Gasteiger partial charge in [0.2, 0.25) is 12.1 Å². The van der Waals surface area contributed by atoms with Crippen molar-refractivity contribution in [3.63, 3.8) is 0 Å². The van der Waals surface area contributed by atoms with Crippen molar-refractivity contribution in [2.75, 3.05) is 44.7 Å². The molecule has 3 aromatic rings. The largest absolute Gasteiger partial charge is 0.445 e. The number of nitrogens with zero attached hydrogens (tertiary/aromatic N) is 4. The Kier molecular flexibility index (Phi) is 7.98. The van der Waals surface area contributed by atoms with E-state index >= 15 is 0 Å². The number of hydrogen-bond acceptors (Lipinski definition) is 6. The van der Waals surface area contributed by atoms with Gasteiger partial charge in [0, 0.05) is 37.3 Å². The normalized spacial score (nSPS) is 17.6. The fourth-order valence-corrected chi connectivity index (χ4v) is 4.68. The van der Waals surface area contributed by atoms with E-state index in [1.54, 1.807) is 11.0 Å². The number of rotatable bonds is 6. The third kappa shape index (κ3) is 6.15. The molecule has 39 heavy (non-hydrogen) atoms. The number of likely N-dealkylation sites (N-methyl/N-ethyl adjacent to an activating group) is 1. The summed E-state index contributed by atoms with van der Waals surface area (Å²) in [7, 11) is 2.02. The van der Waals surface area contributed by atoms with Gasteiger partial charge >= 0.3 is 6.09 Å². The van der Waals surface area contributed by atoms with Crippen LogP contribution in [-0.4, -0.2) is 79.4 Å². The molecule has 1 fully saturated rings. The lowest BCUT2D eigenvalue weighted by molar-refractivity contribution is -0.133. The third-order valence-corrected chi connectivity index (χ3v) is 6.87. The zero-order valence-electron chi connectivity index (χ0n) is 21.8. The Labute approximate surface area is 227 Å². The third-order valence-electron chi connectivity index (χ3n) is 6.87. The summed E-state index contributed by atoms with van der Waals surface area (Å²) in [6.45, 7) is 2.63. The van der Waals surface area contributed by atoms with Crippen LogP contribution in [0.5, 0.6) is 0 Å². The first-order chi connectivity index (χ1) is 19.0. The van der Waals surface area contributed by atoms with Crippen molar-refractivity contribution in [2.45, 2.75) is 12.8 Å². The predicted molar refractivity (Wildman–Crippen MR) is 149 cm³/mol. The second-order valence-corrected chi connectivity index (χ2v) is 9.58. The standard InChI is InChI=1S/C30H31N5O4/c1-33-16-18-34(19-17-33)26(36)20-35-25-15-9-8-14-24(25)27(23-12-6-3-7-13-23)31-28(29(35)37)32-30(38)39-21-22-10-4-2-5-11-22/h2-15,28H,16-21H2,1H3,(H,32,38). The van der Waals surface area contributed by atoms with E-state index in [1.807, 2.05) is 85.9 Å². The highest BCUT2D eigenvalue weighted by Gasteiger charge is 2.35. The molecule has 0 aromatic heterocycles. The molecular formula is C30H31N5O4. The Bertz CT molecular complexity index is 1350. The highest BCUT2D eigenvalue weighted by Crippen LogP contribution is 2.28. The molecule has 0 saturated carbocycles. The van der Waals surface area contributed by atoms with Crippen LogP contribution in [0.1, 0.15) is 16.7 Å². The van der Waals surface area contributed by atoms with Crippen molar-refractivity contribution in [3.05, 3.63) is 102 Å². The van der Waals surface area contributed by atoms with Gasteiger partial charge in [0.25, 0.3) is 5.91 Å². The maximum atomic E-state index is 13.9. The quantitative estimate of drug-likeness (QED) is 0.534. The van der Waals surface area contributed by atoms with Crippen LogP contribution in [0.2, 0.25) is 0 Å². The van der Waals surface area contributed by atoms with Crippen LogP contribution in [0.4, 0.5) is 10.5 Å². The number of aliphatic imine (C=N–C) groups is 1. The zero-order valence-corrected chi connectivity index (χ0v) is 21.8. The summed E-state index contributed by atoms with van der Waals surface area (Å²) >= 11 is 0. The monoisotopic (exact) mass is 525 g/mol. The van der Waals surface area contributed by atoms with Gasteiger partial charge in [-0.3, -0.25) is 19.8 Å². The SMILES string of the molecule is CN1CCN(C(=O)CN2C(=O)C(NC(=O)OCc3ccccc3)N=C(c3ccccc3)c3ccccc32)CC1. The van der Waals surface area contributed by atoms with Crippen LogP contribution < -0.4 is 10.2 Å². The molecule has 1 saturated heterocycles. The summed E-state index contributed by atoms with van der Waals surface area (Å²) in [6.07, 6.45) is -2.05. The van der Waals surface area contributed by atoms with Gasteiger partial charge < -0.3 is 14.5 Å². The van der Waals surface area contributed by atoms with E-state index in [4.69, 9.17) is 9.73 Å². The van der Waals surface area contributed by atoms with Gasteiger partial charge in [-0.2, -0.15) is 0 Å². The minimum Gasteiger partial charge on any atom is -0.445 e. The van der Waals surface area contributed by atoms with E-state index in [-0.39, 0.29) is 19.1 Å².